The van der Waals surface area contributed by atoms with Gasteiger partial charge < -0.3 is 98.1 Å². The average molecular weight is 2150 g/mol. The summed E-state index contributed by atoms with van der Waals surface area (Å²) < 4.78 is 53.3. The van der Waals surface area contributed by atoms with Gasteiger partial charge >= 0.3 is 91.8 Å². The summed E-state index contributed by atoms with van der Waals surface area (Å²) in [7, 11) is -6.15. The second kappa shape index (κ2) is 72.7. The number of esters is 2. The predicted octanol–water partition coefficient (Wildman–Crippen LogP) is 14.5. The van der Waals surface area contributed by atoms with Crippen LogP contribution >= 0.6 is 0 Å². The number of hydrogen-bond acceptors (Lipinski definition) is 27. The van der Waals surface area contributed by atoms with Gasteiger partial charge in [-0.2, -0.15) is 0 Å². The standard InChI is InChI=1S/C21H34O4Si.C19H27NO5.C14H25NO4.C13H26O4Si.C11H24O3Si.C10H19NO4.2C9H10O2.C5H10O3.2Li/c1-15(2)19(25-26(7,8)21(4,5)6)18(22)16(3)20(23)24-14-17-12-10-9-11-13-17;1-13(2)17(20-18(23)25-19(3,4)5)15(21)11-16(22)24-12-14-9-7-6-8-10-14;1-8(2)11(12(17)9(3)10(4)16)15-13(18)19-14(5,6)7;1-9(2)12(10(14)8-11(15)16)17-18(6,7)13(3,4)5;1-8(2)9(10(12)13)14-15(6,7)11(3,4)5;1-6(2)7(8(12)13)11-9(14)15-10(3,4)5;2*1-8(10)11-7-9-5-3-2-4-6-9;1-3(2)4(6)5(7)8;;/h9-13,15-16,19H,14H2,1-8H3;6-10,13,17H,11-12H2,1-5H3,(H,20,23);8-9,11H,1-7H3,(H,15,18);9,12H,8H2,1-7H3,(H,15,16);8-9H,1-7H3,(H,12,13);6-7H,1-5H3,(H,11,14)(H,12,13);2*2-6,10H,1,7H2;3-4,6H,1-2H3,(H,7,8);;/q;;;;;;;;;2*+1/p-2/t16?,19-;17-;9?,11-;12-;9-;7-;;;4-;;/m000000..0../s1. The molecule has 3 amide bonds. The van der Waals surface area contributed by atoms with E-state index >= 15 is 0 Å². The van der Waals surface area contributed by atoms with Gasteiger partial charge in [-0.25, -0.2) is 28.8 Å². The third kappa shape index (κ3) is 71.2. The zero-order chi connectivity index (χ0) is 117. The number of nitrogens with one attached hydrogen (secondary N) is 3. The first kappa shape index (κ1) is 153. The van der Waals surface area contributed by atoms with E-state index in [1.54, 1.807) is 118 Å². The van der Waals surface area contributed by atoms with E-state index in [-0.39, 0.29) is 131 Å². The average Bonchev–Trinajstić information content (AvgIpc) is 0.821. The minimum Gasteiger partial charge on any atom is -0.609 e. The van der Waals surface area contributed by atoms with Crippen molar-refractivity contribution >= 4 is 108 Å². The van der Waals surface area contributed by atoms with E-state index in [1.165, 1.54) is 6.92 Å². The molecule has 0 aliphatic rings. The molecule has 0 bridgehead atoms. The number of rotatable bonds is 41. The Bertz CT molecular complexity index is 4630. The van der Waals surface area contributed by atoms with Crippen molar-refractivity contribution in [1.29, 1.82) is 0 Å². The van der Waals surface area contributed by atoms with E-state index in [0.29, 0.717) is 13.2 Å². The molecule has 8 N–H and O–H groups in total. The van der Waals surface area contributed by atoms with Gasteiger partial charge in [0.1, 0.15) is 78.9 Å². The summed E-state index contributed by atoms with van der Waals surface area (Å²) in [5.41, 5.74) is 1.79. The number of amides is 3. The van der Waals surface area contributed by atoms with Gasteiger partial charge in [-0.3, -0.25) is 38.4 Å². The van der Waals surface area contributed by atoms with Crippen molar-refractivity contribution in [3.8, 4) is 0 Å². The maximum atomic E-state index is 12.9. The van der Waals surface area contributed by atoms with Crippen molar-refractivity contribution in [2.45, 2.75) is 395 Å². The van der Waals surface area contributed by atoms with Gasteiger partial charge in [-0.1, -0.05) is 294 Å². The minimum absolute atomic E-state index is 0. The molecule has 9 atom stereocenters. The van der Waals surface area contributed by atoms with E-state index in [9.17, 15) is 77.3 Å². The molecule has 2 unspecified atom stereocenters. The Hall–Kier alpha value is -9.77. The normalized spacial score (nSPS) is 13.2. The number of carboxylic acid groups (broad SMARTS) is 4. The van der Waals surface area contributed by atoms with Crippen molar-refractivity contribution in [2.24, 2.45) is 53.3 Å². The van der Waals surface area contributed by atoms with Gasteiger partial charge in [0.05, 0.1) is 18.0 Å². The maximum absolute atomic E-state index is 12.9. The van der Waals surface area contributed by atoms with Crippen LogP contribution in [0.25, 0.3) is 0 Å². The molecule has 0 radical (unpaired) electrons. The van der Waals surface area contributed by atoms with Gasteiger partial charge in [-0.05, 0) is 201 Å². The van der Waals surface area contributed by atoms with Crippen LogP contribution < -0.4 is 63.9 Å². The molecule has 0 aromatic heterocycles. The maximum Gasteiger partial charge on any atom is 1.00 e. The molecule has 0 heterocycles. The fourth-order valence-electron chi connectivity index (χ4n) is 10.8. The number of carbonyl (C=O) groups excluding carboxylic acids is 10. The number of hydrogen-bond donors (Lipinski definition) is 8. The fourth-order valence-corrected chi connectivity index (χ4v) is 14.9. The van der Waals surface area contributed by atoms with E-state index < -0.39 is 181 Å². The molecule has 4 aromatic rings. The van der Waals surface area contributed by atoms with Crippen LogP contribution in [0.1, 0.15) is 277 Å². The number of ether oxygens (including phenoxy) is 7. The minimum atomic E-state index is -2.12. The zero-order valence-corrected chi connectivity index (χ0v) is 101. The summed E-state index contributed by atoms with van der Waals surface area (Å²) in [6.45, 7) is 84.2. The number of ketones is 5. The molecule has 0 saturated carbocycles. The van der Waals surface area contributed by atoms with E-state index in [2.05, 4.69) is 140 Å². The quantitative estimate of drug-likeness (QED) is 0.00672. The third-order valence-corrected chi connectivity index (χ3v) is 35.9. The Balaban J connectivity index is -0.000000312. The SMILES string of the molecule is C=C([O-])OCc1ccccc1.C=C([O-])OCc1ccccc1.CC(=O)C(C)C(=O)[C@@H](NC(=O)OC(C)(C)C)C(C)C.CC(C(=O)OCc1ccccc1)C(=O)[C@@H](O[Si](C)(C)C(C)(C)C)C(C)C.CC(C)[C@H](NC(=O)OC(C)(C)C)C(=O)CC(=O)OCc1ccccc1.CC(C)[C@H](NC(=O)OC(C)(C)C)C(=O)O.CC(C)[C@H](O)C(=O)O.CC(C)[C@H](O[Si](C)(C)C(C)(C)C)C(=O)CC(=O)O.CC(C)[C@H](O[Si](C)(C)C(C)(C)C)C(=O)O.[Li+].[Li+]. The van der Waals surface area contributed by atoms with Crippen LogP contribution in [0.15, 0.2) is 146 Å². The second-order valence-corrected chi connectivity index (χ2v) is 59.8. The Morgan fingerprint density at radius 1 is 0.333 bits per heavy atom. The number of carboxylic acids is 4. The Labute approximate surface area is 922 Å². The van der Waals surface area contributed by atoms with Crippen molar-refractivity contribution in [3.05, 3.63) is 169 Å². The number of Topliss-reactive ketones (excluding diaryl/α,β-unsaturated/α-hetero) is 5. The van der Waals surface area contributed by atoms with E-state index in [1.807, 2.05) is 177 Å². The molecule has 0 aliphatic carbocycles. The Kier molecular flexibility index (Phi) is 74.3. The van der Waals surface area contributed by atoms with E-state index in [4.69, 9.17) is 62.5 Å². The summed E-state index contributed by atoms with van der Waals surface area (Å²) in [5, 5.41) is 71.3. The number of benzene rings is 4. The molecule has 39 heteroatoms. The molecule has 150 heavy (non-hydrogen) atoms. The summed E-state index contributed by atoms with van der Waals surface area (Å²) in [4.78, 5) is 162. The Morgan fingerprint density at radius 2 is 0.607 bits per heavy atom. The van der Waals surface area contributed by atoms with Gasteiger partial charge in [0.15, 0.2) is 54.2 Å². The molecule has 4 aromatic carbocycles. The third-order valence-electron chi connectivity index (χ3n) is 22.6. The monoisotopic (exact) mass is 2150 g/mol. The molecule has 0 aliphatic heterocycles. The number of alkyl carbamates (subject to hydrolysis) is 3. The van der Waals surface area contributed by atoms with Gasteiger partial charge in [0.2, 0.25) is 0 Å². The first-order valence-electron chi connectivity index (χ1n) is 49.7. The first-order chi connectivity index (χ1) is 67.0. The number of aliphatic carboxylic acids is 4. The van der Waals surface area contributed by atoms with Crippen molar-refractivity contribution in [3.63, 3.8) is 0 Å². The largest absolute Gasteiger partial charge is 1.00 e. The molecule has 4 rings (SSSR count). The summed E-state index contributed by atoms with van der Waals surface area (Å²) >= 11 is 0. The van der Waals surface area contributed by atoms with E-state index in [0.717, 1.165) is 22.3 Å². The molecular formula is C111H183Li2N3O31Si3. The number of aliphatic hydroxyl groups is 1. The number of aliphatic hydroxyl groups excluding tert-OH is 1. The van der Waals surface area contributed by atoms with Gasteiger partial charge in [-0.15, -0.1) is 0 Å². The summed E-state index contributed by atoms with van der Waals surface area (Å²) in [6.07, 6.45) is -5.97. The molecule has 842 valence electrons. The van der Waals surface area contributed by atoms with Crippen LogP contribution in [-0.4, -0.2) is 193 Å². The first-order valence-corrected chi connectivity index (χ1v) is 58.4. The molecular weight excluding hydrogens is 1970 g/mol. The topological polar surface area (TPSA) is 515 Å². The zero-order valence-electron chi connectivity index (χ0n) is 98.3. The Morgan fingerprint density at radius 3 is 0.840 bits per heavy atom. The molecule has 34 nitrogen and oxygen atoms in total. The summed E-state index contributed by atoms with van der Waals surface area (Å²) in [6, 6.07) is 35.2. The van der Waals surface area contributed by atoms with Gasteiger partial charge in [0, 0.05) is 25.1 Å². The summed E-state index contributed by atoms with van der Waals surface area (Å²) in [5.74, 6) is -9.90. The van der Waals surface area contributed by atoms with Crippen LogP contribution in [0.3, 0.4) is 0 Å². The number of carbonyl (C=O) groups is 14. The molecule has 0 fully saturated rings. The van der Waals surface area contributed by atoms with Crippen molar-refractivity contribution in [2.75, 3.05) is 0 Å². The fraction of sp³-hybridized carbons (Fsp3) is 0.622. The van der Waals surface area contributed by atoms with Crippen molar-refractivity contribution < 1.29 is 187 Å². The predicted molar refractivity (Wildman–Crippen MR) is 578 cm³/mol. The van der Waals surface area contributed by atoms with Crippen LogP contribution in [0.5, 0.6) is 0 Å². The molecule has 0 saturated heterocycles. The van der Waals surface area contributed by atoms with Crippen molar-refractivity contribution in [1.82, 2.24) is 16.0 Å². The van der Waals surface area contributed by atoms with Crippen LogP contribution in [0, 0.1) is 53.3 Å². The van der Waals surface area contributed by atoms with Crippen LogP contribution in [0.2, 0.25) is 54.4 Å². The molecule has 0 spiro atoms. The van der Waals surface area contributed by atoms with Gasteiger partial charge in [0.25, 0.3) is 0 Å². The smallest absolute Gasteiger partial charge is 0.609 e. The second-order valence-electron chi connectivity index (χ2n) is 45.5. The van der Waals surface area contributed by atoms with Crippen LogP contribution in [0.4, 0.5) is 14.4 Å². The van der Waals surface area contributed by atoms with Crippen LogP contribution in [-0.2, 0) is 126 Å².